The highest BCUT2D eigenvalue weighted by Crippen LogP contribution is 2.01. The highest BCUT2D eigenvalue weighted by atomic mass is 16.5. The fraction of sp³-hybridized carbons (Fsp3) is 0.500. The van der Waals surface area contributed by atoms with Crippen molar-refractivity contribution in [2.75, 3.05) is 0 Å². The van der Waals surface area contributed by atoms with E-state index in [1.165, 1.54) is 6.92 Å². The quantitative estimate of drug-likeness (QED) is 0.211. The molecule has 0 rings (SSSR count). The Balaban J connectivity index is 3.87. The van der Waals surface area contributed by atoms with E-state index in [2.05, 4.69) is 6.58 Å². The normalized spacial score (nSPS) is 11.6. The van der Waals surface area contributed by atoms with Crippen molar-refractivity contribution in [3.8, 4) is 0 Å². The number of esters is 1. The van der Waals surface area contributed by atoms with Crippen LogP contribution in [-0.2, 0) is 14.3 Å². The minimum absolute atomic E-state index is 0.0511. The van der Waals surface area contributed by atoms with Gasteiger partial charge in [0.15, 0.2) is 0 Å². The van der Waals surface area contributed by atoms with Gasteiger partial charge in [0.05, 0.1) is 6.42 Å². The zero-order valence-electron chi connectivity index (χ0n) is 7.79. The van der Waals surface area contributed by atoms with E-state index < -0.39 is 12.1 Å². The van der Waals surface area contributed by atoms with Crippen molar-refractivity contribution in [1.82, 2.24) is 5.43 Å². The molecule has 0 aromatic heterocycles. The van der Waals surface area contributed by atoms with Gasteiger partial charge in [-0.15, -0.1) is 0 Å². The Morgan fingerprint density at radius 2 is 2.15 bits per heavy atom. The van der Waals surface area contributed by atoms with Crippen molar-refractivity contribution in [2.45, 2.75) is 26.4 Å². The van der Waals surface area contributed by atoms with Crippen LogP contribution in [0.5, 0.6) is 0 Å². The predicted molar refractivity (Wildman–Crippen MR) is 47.3 cm³/mol. The molecular formula is C8H14N2O3. The lowest BCUT2D eigenvalue weighted by Gasteiger charge is -2.11. The first kappa shape index (κ1) is 11.6. The molecule has 0 fully saturated rings. The summed E-state index contributed by atoms with van der Waals surface area (Å²) in [7, 11) is 0. The van der Waals surface area contributed by atoms with Gasteiger partial charge in [0, 0.05) is 5.57 Å². The van der Waals surface area contributed by atoms with E-state index in [0.29, 0.717) is 5.57 Å². The van der Waals surface area contributed by atoms with Gasteiger partial charge in [0.25, 0.3) is 0 Å². The molecule has 0 aliphatic heterocycles. The molecule has 0 aliphatic carbocycles. The third-order valence-electron chi connectivity index (χ3n) is 1.29. The van der Waals surface area contributed by atoms with Crippen LogP contribution in [0.1, 0.15) is 20.3 Å². The molecule has 3 N–H and O–H groups in total. The fourth-order valence-corrected chi connectivity index (χ4v) is 0.645. The zero-order valence-corrected chi connectivity index (χ0v) is 7.79. The highest BCUT2D eigenvalue weighted by Gasteiger charge is 2.12. The second-order valence-electron chi connectivity index (χ2n) is 2.77. The molecule has 74 valence electrons. The summed E-state index contributed by atoms with van der Waals surface area (Å²) in [5, 5.41) is 0. The molecule has 1 atom stereocenters. The number of amides is 1. The van der Waals surface area contributed by atoms with Crippen molar-refractivity contribution < 1.29 is 14.3 Å². The SMILES string of the molecule is C=C(C)C(=O)OC(C)CC(=O)NN. The molecule has 0 aromatic rings. The molecule has 5 heteroatoms. The van der Waals surface area contributed by atoms with Crippen LogP contribution in [0.15, 0.2) is 12.2 Å². The lowest BCUT2D eigenvalue weighted by atomic mass is 10.2. The Morgan fingerprint density at radius 3 is 2.54 bits per heavy atom. The van der Waals surface area contributed by atoms with Gasteiger partial charge in [0.2, 0.25) is 5.91 Å². The summed E-state index contributed by atoms with van der Waals surface area (Å²) in [5.41, 5.74) is 2.25. The topological polar surface area (TPSA) is 81.4 Å². The molecule has 5 nitrogen and oxygen atoms in total. The van der Waals surface area contributed by atoms with Crippen molar-refractivity contribution >= 4 is 11.9 Å². The first-order chi connectivity index (χ1) is 5.97. The number of ether oxygens (including phenoxy) is 1. The predicted octanol–water partition coefficient (Wildman–Crippen LogP) is -0.126. The van der Waals surface area contributed by atoms with Crippen LogP contribution in [0.4, 0.5) is 0 Å². The maximum Gasteiger partial charge on any atom is 0.333 e. The lowest BCUT2D eigenvalue weighted by Crippen LogP contribution is -2.33. The van der Waals surface area contributed by atoms with E-state index in [1.54, 1.807) is 6.92 Å². The summed E-state index contributed by atoms with van der Waals surface area (Å²) in [6.07, 6.45) is -0.442. The van der Waals surface area contributed by atoms with E-state index in [0.717, 1.165) is 0 Å². The Hall–Kier alpha value is -1.36. The number of nitrogens with two attached hydrogens (primary N) is 1. The minimum Gasteiger partial charge on any atom is -0.459 e. The summed E-state index contributed by atoms with van der Waals surface area (Å²) < 4.78 is 4.83. The molecule has 13 heavy (non-hydrogen) atoms. The molecule has 1 unspecified atom stereocenters. The van der Waals surface area contributed by atoms with Gasteiger partial charge in [-0.2, -0.15) is 0 Å². The summed E-state index contributed by atoms with van der Waals surface area (Å²) in [5.74, 6) is 3.98. The van der Waals surface area contributed by atoms with Crippen LogP contribution in [-0.4, -0.2) is 18.0 Å². The fourth-order valence-electron chi connectivity index (χ4n) is 0.645. The second-order valence-corrected chi connectivity index (χ2v) is 2.77. The molecule has 0 saturated heterocycles. The van der Waals surface area contributed by atoms with Crippen LogP contribution >= 0.6 is 0 Å². The minimum atomic E-state index is -0.502. The monoisotopic (exact) mass is 186 g/mol. The first-order valence-corrected chi connectivity index (χ1v) is 3.83. The number of nitrogens with one attached hydrogen (secondary N) is 1. The molecule has 1 amide bonds. The van der Waals surface area contributed by atoms with Gasteiger partial charge in [0.1, 0.15) is 6.10 Å². The summed E-state index contributed by atoms with van der Waals surface area (Å²) in [6, 6.07) is 0. The highest BCUT2D eigenvalue weighted by molar-refractivity contribution is 5.87. The number of hydrazine groups is 1. The Labute approximate surface area is 76.9 Å². The van der Waals surface area contributed by atoms with Gasteiger partial charge in [-0.1, -0.05) is 6.58 Å². The molecule has 0 heterocycles. The molecule has 0 bridgehead atoms. The Kier molecular flexibility index (Phi) is 4.76. The van der Waals surface area contributed by atoms with Crippen molar-refractivity contribution in [2.24, 2.45) is 5.84 Å². The van der Waals surface area contributed by atoms with E-state index in [9.17, 15) is 9.59 Å². The third-order valence-corrected chi connectivity index (χ3v) is 1.29. The summed E-state index contributed by atoms with van der Waals surface area (Å²) in [4.78, 5) is 21.7. The largest absolute Gasteiger partial charge is 0.459 e. The number of carbonyl (C=O) groups excluding carboxylic acids is 2. The molecule has 0 radical (unpaired) electrons. The van der Waals surface area contributed by atoms with Crippen LogP contribution in [0.3, 0.4) is 0 Å². The maximum absolute atomic E-state index is 10.9. The average Bonchev–Trinajstić information content (AvgIpc) is 2.03. The third kappa shape index (κ3) is 4.97. The molecule has 0 aromatic carbocycles. The van der Waals surface area contributed by atoms with Crippen molar-refractivity contribution in [1.29, 1.82) is 0 Å². The molecule has 0 saturated carbocycles. The van der Waals surface area contributed by atoms with Gasteiger partial charge < -0.3 is 4.74 Å². The maximum atomic E-state index is 10.9. The standard InChI is InChI=1S/C8H14N2O3/c1-5(2)8(12)13-6(3)4-7(11)10-9/h6H,1,4,9H2,2-3H3,(H,10,11). The summed E-state index contributed by atoms with van der Waals surface area (Å²) in [6.45, 7) is 6.55. The van der Waals surface area contributed by atoms with E-state index in [1.807, 2.05) is 5.43 Å². The van der Waals surface area contributed by atoms with E-state index >= 15 is 0 Å². The Morgan fingerprint density at radius 1 is 1.62 bits per heavy atom. The number of rotatable bonds is 4. The van der Waals surface area contributed by atoms with Gasteiger partial charge in [-0.05, 0) is 13.8 Å². The molecule has 0 aliphatic rings. The second kappa shape index (κ2) is 5.31. The smallest absolute Gasteiger partial charge is 0.333 e. The Bertz CT molecular complexity index is 225. The van der Waals surface area contributed by atoms with Gasteiger partial charge in [-0.25, -0.2) is 10.6 Å². The van der Waals surface area contributed by atoms with Crippen molar-refractivity contribution in [3.63, 3.8) is 0 Å². The van der Waals surface area contributed by atoms with E-state index in [-0.39, 0.29) is 12.3 Å². The molecule has 0 spiro atoms. The van der Waals surface area contributed by atoms with Crippen LogP contribution in [0, 0.1) is 0 Å². The number of carbonyl (C=O) groups is 2. The first-order valence-electron chi connectivity index (χ1n) is 3.83. The average molecular weight is 186 g/mol. The number of hydrogen-bond acceptors (Lipinski definition) is 4. The van der Waals surface area contributed by atoms with Crippen LogP contribution in [0.25, 0.3) is 0 Å². The lowest BCUT2D eigenvalue weighted by molar-refractivity contribution is -0.144. The van der Waals surface area contributed by atoms with Crippen LogP contribution < -0.4 is 11.3 Å². The molecular weight excluding hydrogens is 172 g/mol. The summed E-state index contributed by atoms with van der Waals surface area (Å²) >= 11 is 0. The van der Waals surface area contributed by atoms with Crippen molar-refractivity contribution in [3.05, 3.63) is 12.2 Å². The number of hydrogen-bond donors (Lipinski definition) is 2. The zero-order chi connectivity index (χ0) is 10.4. The van der Waals surface area contributed by atoms with E-state index in [4.69, 9.17) is 10.6 Å². The van der Waals surface area contributed by atoms with Gasteiger partial charge in [-0.3, -0.25) is 10.2 Å². The van der Waals surface area contributed by atoms with Gasteiger partial charge >= 0.3 is 5.97 Å². The van der Waals surface area contributed by atoms with Crippen LogP contribution in [0.2, 0.25) is 0 Å².